The lowest BCUT2D eigenvalue weighted by molar-refractivity contribution is -0.384. The zero-order valence-electron chi connectivity index (χ0n) is 10.7. The molecule has 1 fully saturated rings. The van der Waals surface area contributed by atoms with Crippen LogP contribution in [0.2, 0.25) is 0 Å². The number of nitriles is 1. The van der Waals surface area contributed by atoms with Crippen molar-refractivity contribution >= 4 is 11.4 Å². The smallest absolute Gasteiger partial charge is 0.293 e. The van der Waals surface area contributed by atoms with Crippen molar-refractivity contribution in [2.75, 3.05) is 24.7 Å². The molecular formula is C13H15N3O3. The van der Waals surface area contributed by atoms with Crippen LogP contribution in [0, 0.1) is 21.4 Å². The molecule has 0 radical (unpaired) electrons. The highest BCUT2D eigenvalue weighted by Crippen LogP contribution is 2.32. The number of morpholine rings is 1. The van der Waals surface area contributed by atoms with E-state index in [0.29, 0.717) is 31.0 Å². The topological polar surface area (TPSA) is 79.4 Å². The number of hydrogen-bond donors (Lipinski definition) is 0. The van der Waals surface area contributed by atoms with Crippen molar-refractivity contribution in [2.45, 2.75) is 19.4 Å². The Hall–Kier alpha value is -2.13. The van der Waals surface area contributed by atoms with Gasteiger partial charge in [-0.1, -0.05) is 6.92 Å². The average molecular weight is 261 g/mol. The molecule has 19 heavy (non-hydrogen) atoms. The summed E-state index contributed by atoms with van der Waals surface area (Å²) in [5.41, 5.74) is 0.857. The Kier molecular flexibility index (Phi) is 3.97. The van der Waals surface area contributed by atoms with Crippen molar-refractivity contribution in [3.63, 3.8) is 0 Å². The van der Waals surface area contributed by atoms with Crippen LogP contribution in [0.5, 0.6) is 0 Å². The fourth-order valence-corrected chi connectivity index (χ4v) is 2.29. The van der Waals surface area contributed by atoms with Crippen molar-refractivity contribution in [2.24, 2.45) is 0 Å². The molecular weight excluding hydrogens is 246 g/mol. The number of nitro benzene ring substituents is 1. The van der Waals surface area contributed by atoms with Gasteiger partial charge >= 0.3 is 0 Å². The quantitative estimate of drug-likeness (QED) is 0.614. The largest absolute Gasteiger partial charge is 0.377 e. The summed E-state index contributed by atoms with van der Waals surface area (Å²) in [4.78, 5) is 12.7. The number of anilines is 1. The van der Waals surface area contributed by atoms with E-state index >= 15 is 0 Å². The Bertz CT molecular complexity index is 524. The molecule has 2 rings (SSSR count). The number of nitro groups is 1. The van der Waals surface area contributed by atoms with Crippen LogP contribution in [-0.2, 0) is 4.74 Å². The molecule has 1 atom stereocenters. The number of rotatable bonds is 3. The van der Waals surface area contributed by atoms with Crippen LogP contribution in [0.1, 0.15) is 18.9 Å². The molecule has 1 unspecified atom stereocenters. The average Bonchev–Trinajstić information content (AvgIpc) is 2.46. The first-order valence-corrected chi connectivity index (χ1v) is 6.20. The maximum absolute atomic E-state index is 11.2. The molecule has 0 aliphatic carbocycles. The molecule has 1 aromatic rings. The van der Waals surface area contributed by atoms with E-state index in [2.05, 4.69) is 0 Å². The van der Waals surface area contributed by atoms with Crippen LogP contribution in [-0.4, -0.2) is 30.7 Å². The van der Waals surface area contributed by atoms with Crippen LogP contribution in [0.4, 0.5) is 11.4 Å². The molecule has 1 heterocycles. The summed E-state index contributed by atoms with van der Waals surface area (Å²) in [6.45, 7) is 3.80. The first-order valence-electron chi connectivity index (χ1n) is 6.20. The minimum absolute atomic E-state index is 0.0144. The van der Waals surface area contributed by atoms with Gasteiger partial charge in [0, 0.05) is 12.6 Å². The summed E-state index contributed by atoms with van der Waals surface area (Å²) in [5, 5.41) is 20.0. The summed E-state index contributed by atoms with van der Waals surface area (Å²) < 4.78 is 5.41. The Morgan fingerprint density at radius 3 is 3.05 bits per heavy atom. The van der Waals surface area contributed by atoms with Crippen molar-refractivity contribution in [1.29, 1.82) is 5.26 Å². The van der Waals surface area contributed by atoms with Gasteiger partial charge in [0.15, 0.2) is 0 Å². The second-order valence-corrected chi connectivity index (χ2v) is 4.40. The van der Waals surface area contributed by atoms with E-state index in [-0.39, 0.29) is 11.7 Å². The Morgan fingerprint density at radius 2 is 2.42 bits per heavy atom. The van der Waals surface area contributed by atoms with Gasteiger partial charge in [0.2, 0.25) is 0 Å². The zero-order valence-corrected chi connectivity index (χ0v) is 10.7. The van der Waals surface area contributed by atoms with E-state index in [9.17, 15) is 10.1 Å². The highest BCUT2D eigenvalue weighted by atomic mass is 16.6. The number of nitrogens with zero attached hydrogens (tertiary/aromatic N) is 3. The van der Waals surface area contributed by atoms with Gasteiger partial charge in [-0.3, -0.25) is 10.1 Å². The molecule has 0 amide bonds. The standard InChI is InChI=1S/C13H15N3O3/c1-2-11-9-19-6-5-15(11)12-4-3-10(8-14)7-13(12)16(17)18/h3-4,7,11H,2,5-6,9H2,1H3. The molecule has 0 N–H and O–H groups in total. The summed E-state index contributed by atoms with van der Waals surface area (Å²) >= 11 is 0. The van der Waals surface area contributed by atoms with Gasteiger partial charge in [-0.2, -0.15) is 5.26 Å². The molecule has 0 bridgehead atoms. The third-order valence-electron chi connectivity index (χ3n) is 3.31. The number of ether oxygens (including phenoxy) is 1. The van der Waals surface area contributed by atoms with E-state index < -0.39 is 4.92 Å². The highest BCUT2D eigenvalue weighted by molar-refractivity contribution is 5.66. The van der Waals surface area contributed by atoms with Crippen LogP contribution in [0.25, 0.3) is 0 Å². The Labute approximate surface area is 111 Å². The second-order valence-electron chi connectivity index (χ2n) is 4.40. The minimum atomic E-state index is -0.432. The van der Waals surface area contributed by atoms with E-state index in [4.69, 9.17) is 10.00 Å². The van der Waals surface area contributed by atoms with Crippen LogP contribution < -0.4 is 4.90 Å². The van der Waals surface area contributed by atoms with Gasteiger partial charge < -0.3 is 9.64 Å². The highest BCUT2D eigenvalue weighted by Gasteiger charge is 2.27. The van der Waals surface area contributed by atoms with Crippen molar-refractivity contribution in [1.82, 2.24) is 0 Å². The van der Waals surface area contributed by atoms with Gasteiger partial charge in [-0.15, -0.1) is 0 Å². The van der Waals surface area contributed by atoms with Gasteiger partial charge in [0.1, 0.15) is 5.69 Å². The summed E-state index contributed by atoms with van der Waals surface area (Å²) in [5.74, 6) is 0. The molecule has 1 aromatic carbocycles. The second kappa shape index (κ2) is 5.67. The lowest BCUT2D eigenvalue weighted by atomic mass is 10.1. The van der Waals surface area contributed by atoms with Gasteiger partial charge in [0.05, 0.1) is 35.8 Å². The normalized spacial score (nSPS) is 18.9. The molecule has 6 nitrogen and oxygen atoms in total. The summed E-state index contributed by atoms with van der Waals surface area (Å²) in [6, 6.07) is 6.67. The van der Waals surface area contributed by atoms with E-state index in [0.717, 1.165) is 6.42 Å². The third kappa shape index (κ3) is 2.66. The lowest BCUT2D eigenvalue weighted by Crippen LogP contribution is -2.45. The third-order valence-corrected chi connectivity index (χ3v) is 3.31. The maximum atomic E-state index is 11.2. The van der Waals surface area contributed by atoms with Crippen LogP contribution in [0.15, 0.2) is 18.2 Å². The Balaban J connectivity index is 2.43. The van der Waals surface area contributed by atoms with Gasteiger partial charge in [-0.05, 0) is 18.6 Å². The first kappa shape index (κ1) is 13.3. The minimum Gasteiger partial charge on any atom is -0.377 e. The molecule has 100 valence electrons. The lowest BCUT2D eigenvalue weighted by Gasteiger charge is -2.36. The molecule has 6 heteroatoms. The van der Waals surface area contributed by atoms with Crippen LogP contribution >= 0.6 is 0 Å². The van der Waals surface area contributed by atoms with Crippen LogP contribution in [0.3, 0.4) is 0 Å². The fourth-order valence-electron chi connectivity index (χ4n) is 2.29. The predicted octanol–water partition coefficient (Wildman–Crippen LogP) is 2.08. The zero-order chi connectivity index (χ0) is 13.8. The molecule has 0 spiro atoms. The summed E-state index contributed by atoms with van der Waals surface area (Å²) in [6.07, 6.45) is 0.858. The molecule has 0 saturated carbocycles. The van der Waals surface area contributed by atoms with E-state index in [1.165, 1.54) is 6.07 Å². The van der Waals surface area contributed by atoms with Crippen molar-refractivity contribution in [3.05, 3.63) is 33.9 Å². The van der Waals surface area contributed by atoms with Crippen molar-refractivity contribution in [3.8, 4) is 6.07 Å². The monoisotopic (exact) mass is 261 g/mol. The SMILES string of the molecule is CCC1COCCN1c1ccc(C#N)cc1[N+](=O)[O-]. The first-order chi connectivity index (χ1) is 9.17. The molecule has 1 aliphatic heterocycles. The Morgan fingerprint density at radius 1 is 1.63 bits per heavy atom. The van der Waals surface area contributed by atoms with Crippen molar-refractivity contribution < 1.29 is 9.66 Å². The molecule has 1 saturated heterocycles. The van der Waals surface area contributed by atoms with E-state index in [1.807, 2.05) is 17.9 Å². The number of hydrogen-bond acceptors (Lipinski definition) is 5. The van der Waals surface area contributed by atoms with Gasteiger partial charge in [0.25, 0.3) is 5.69 Å². The maximum Gasteiger partial charge on any atom is 0.293 e. The number of benzene rings is 1. The summed E-state index contributed by atoms with van der Waals surface area (Å²) in [7, 11) is 0. The predicted molar refractivity (Wildman–Crippen MR) is 70.1 cm³/mol. The molecule has 0 aromatic heterocycles. The fraction of sp³-hybridized carbons (Fsp3) is 0.462. The van der Waals surface area contributed by atoms with E-state index in [1.54, 1.807) is 12.1 Å². The van der Waals surface area contributed by atoms with Gasteiger partial charge in [-0.25, -0.2) is 0 Å². The molecule has 1 aliphatic rings.